The molecular weight excluding hydrogens is 298 g/mol. The van der Waals surface area contributed by atoms with Crippen LogP contribution in [0.15, 0.2) is 24.3 Å². The van der Waals surface area contributed by atoms with Crippen molar-refractivity contribution >= 4 is 16.9 Å². The monoisotopic (exact) mass is 325 g/mol. The number of piperidine rings is 1. The van der Waals surface area contributed by atoms with Gasteiger partial charge in [-0.1, -0.05) is 31.4 Å². The van der Waals surface area contributed by atoms with Crippen LogP contribution in [-0.2, 0) is 11.3 Å². The van der Waals surface area contributed by atoms with Gasteiger partial charge in [0.05, 0.1) is 11.0 Å². The van der Waals surface area contributed by atoms with Gasteiger partial charge in [0, 0.05) is 19.0 Å². The van der Waals surface area contributed by atoms with Crippen molar-refractivity contribution in [2.75, 3.05) is 13.1 Å². The number of likely N-dealkylation sites (tertiary alicyclic amines) is 1. The highest BCUT2D eigenvalue weighted by atomic mass is 16.2. The smallest absolute Gasteiger partial charge is 0.242 e. The van der Waals surface area contributed by atoms with Gasteiger partial charge in [-0.15, -0.1) is 0 Å². The first-order valence-corrected chi connectivity index (χ1v) is 9.56. The third kappa shape index (κ3) is 3.06. The molecule has 1 aliphatic carbocycles. The predicted octanol–water partition coefficient (Wildman–Crippen LogP) is 4.10. The summed E-state index contributed by atoms with van der Waals surface area (Å²) >= 11 is 0. The number of para-hydroxylation sites is 2. The summed E-state index contributed by atoms with van der Waals surface area (Å²) in [5, 5.41) is 0. The fourth-order valence-corrected chi connectivity index (χ4v) is 4.31. The molecule has 1 amide bonds. The zero-order valence-electron chi connectivity index (χ0n) is 14.4. The van der Waals surface area contributed by atoms with Crippen LogP contribution in [0.1, 0.15) is 63.1 Å². The number of hydrogen-bond donors (Lipinski definition) is 0. The van der Waals surface area contributed by atoms with Gasteiger partial charge in [-0.25, -0.2) is 4.98 Å². The van der Waals surface area contributed by atoms with Gasteiger partial charge in [0.15, 0.2) is 0 Å². The molecule has 2 heterocycles. The Bertz CT molecular complexity index is 709. The van der Waals surface area contributed by atoms with E-state index in [4.69, 9.17) is 4.98 Å². The van der Waals surface area contributed by atoms with Crippen molar-refractivity contribution in [1.82, 2.24) is 14.5 Å². The molecule has 0 N–H and O–H groups in total. The Morgan fingerprint density at radius 3 is 2.50 bits per heavy atom. The van der Waals surface area contributed by atoms with Crippen molar-refractivity contribution in [2.24, 2.45) is 0 Å². The minimum atomic E-state index is 0.259. The lowest BCUT2D eigenvalue weighted by molar-refractivity contribution is -0.132. The molecule has 1 aromatic carbocycles. The maximum absolute atomic E-state index is 12.8. The van der Waals surface area contributed by atoms with E-state index < -0.39 is 0 Å². The molecule has 1 saturated heterocycles. The van der Waals surface area contributed by atoms with E-state index in [-0.39, 0.29) is 5.91 Å². The first-order chi connectivity index (χ1) is 11.8. The number of imidazole rings is 1. The molecule has 128 valence electrons. The maximum atomic E-state index is 12.8. The van der Waals surface area contributed by atoms with Crippen LogP contribution in [0.25, 0.3) is 11.0 Å². The minimum Gasteiger partial charge on any atom is -0.341 e. The van der Waals surface area contributed by atoms with Gasteiger partial charge in [-0.2, -0.15) is 0 Å². The van der Waals surface area contributed by atoms with Gasteiger partial charge in [-0.05, 0) is 44.2 Å². The van der Waals surface area contributed by atoms with E-state index >= 15 is 0 Å². The van der Waals surface area contributed by atoms with Crippen LogP contribution in [0.2, 0.25) is 0 Å². The summed E-state index contributed by atoms with van der Waals surface area (Å²) in [4.78, 5) is 19.8. The average Bonchev–Trinajstić information content (AvgIpc) is 3.02. The Kier molecular flexibility index (Phi) is 4.54. The van der Waals surface area contributed by atoms with Crippen molar-refractivity contribution in [1.29, 1.82) is 0 Å². The third-order valence-electron chi connectivity index (χ3n) is 5.66. The molecule has 0 bridgehead atoms. The van der Waals surface area contributed by atoms with Crippen molar-refractivity contribution in [3.8, 4) is 0 Å². The number of nitrogens with zero attached hydrogens (tertiary/aromatic N) is 3. The Hall–Kier alpha value is -1.84. The van der Waals surface area contributed by atoms with Gasteiger partial charge >= 0.3 is 0 Å². The molecule has 0 spiro atoms. The Morgan fingerprint density at radius 1 is 1.00 bits per heavy atom. The lowest BCUT2D eigenvalue weighted by Crippen LogP contribution is -2.38. The van der Waals surface area contributed by atoms with E-state index in [1.54, 1.807) is 0 Å². The van der Waals surface area contributed by atoms with Crippen LogP contribution in [0.4, 0.5) is 0 Å². The Labute approximate surface area is 143 Å². The average molecular weight is 325 g/mol. The van der Waals surface area contributed by atoms with Crippen molar-refractivity contribution in [3.05, 3.63) is 30.1 Å². The molecule has 0 unspecified atom stereocenters. The summed E-state index contributed by atoms with van der Waals surface area (Å²) < 4.78 is 2.21. The number of fused-ring (bicyclic) bond motifs is 1. The molecule has 2 aliphatic rings. The molecule has 4 rings (SSSR count). The van der Waals surface area contributed by atoms with Gasteiger partial charge in [-0.3, -0.25) is 4.79 Å². The lowest BCUT2D eigenvalue weighted by Gasteiger charge is -2.28. The van der Waals surface area contributed by atoms with Crippen LogP contribution in [0, 0.1) is 0 Å². The normalized spacial score (nSPS) is 19.8. The summed E-state index contributed by atoms with van der Waals surface area (Å²) in [6.07, 6.45) is 9.87. The largest absolute Gasteiger partial charge is 0.341 e. The molecule has 4 nitrogen and oxygen atoms in total. The van der Waals surface area contributed by atoms with Crippen LogP contribution in [0.5, 0.6) is 0 Å². The topological polar surface area (TPSA) is 38.1 Å². The predicted molar refractivity (Wildman–Crippen MR) is 96.0 cm³/mol. The fraction of sp³-hybridized carbons (Fsp3) is 0.600. The van der Waals surface area contributed by atoms with Crippen LogP contribution < -0.4 is 0 Å². The first-order valence-electron chi connectivity index (χ1n) is 9.56. The number of benzene rings is 1. The second-order valence-corrected chi connectivity index (χ2v) is 7.32. The van der Waals surface area contributed by atoms with E-state index in [1.165, 1.54) is 38.5 Å². The number of amides is 1. The second-order valence-electron chi connectivity index (χ2n) is 7.32. The van der Waals surface area contributed by atoms with E-state index in [1.807, 2.05) is 11.0 Å². The quantitative estimate of drug-likeness (QED) is 0.852. The van der Waals surface area contributed by atoms with E-state index in [0.717, 1.165) is 42.8 Å². The minimum absolute atomic E-state index is 0.259. The number of carbonyl (C=O) groups is 1. The zero-order valence-corrected chi connectivity index (χ0v) is 14.4. The zero-order chi connectivity index (χ0) is 16.4. The molecule has 1 aromatic heterocycles. The summed E-state index contributed by atoms with van der Waals surface area (Å²) in [6, 6.07) is 8.27. The maximum Gasteiger partial charge on any atom is 0.242 e. The summed E-state index contributed by atoms with van der Waals surface area (Å²) in [7, 11) is 0. The van der Waals surface area contributed by atoms with E-state index in [2.05, 4.69) is 22.8 Å². The standard InChI is InChI=1S/C20H27N3O/c24-19(22-13-7-2-8-14-22)15-23-18-12-6-5-11-17(18)21-20(23)16-9-3-1-4-10-16/h5-6,11-12,16H,1-4,7-10,13-15H2. The number of rotatable bonds is 3. The van der Waals surface area contributed by atoms with Crippen molar-refractivity contribution < 1.29 is 4.79 Å². The summed E-state index contributed by atoms with van der Waals surface area (Å²) in [5.41, 5.74) is 2.15. The van der Waals surface area contributed by atoms with Gasteiger partial charge in [0.2, 0.25) is 5.91 Å². The van der Waals surface area contributed by atoms with Gasteiger partial charge in [0.25, 0.3) is 0 Å². The highest BCUT2D eigenvalue weighted by Crippen LogP contribution is 2.34. The van der Waals surface area contributed by atoms with Crippen molar-refractivity contribution in [3.63, 3.8) is 0 Å². The molecule has 0 atom stereocenters. The Balaban J connectivity index is 1.65. The first kappa shape index (κ1) is 15.7. The highest BCUT2D eigenvalue weighted by Gasteiger charge is 2.25. The number of hydrogen-bond acceptors (Lipinski definition) is 2. The lowest BCUT2D eigenvalue weighted by atomic mass is 9.88. The van der Waals surface area contributed by atoms with Gasteiger partial charge in [0.1, 0.15) is 12.4 Å². The molecule has 4 heteroatoms. The second kappa shape index (κ2) is 6.96. The van der Waals surface area contributed by atoms with Crippen LogP contribution in [-0.4, -0.2) is 33.4 Å². The summed E-state index contributed by atoms with van der Waals surface area (Å²) in [6.45, 7) is 2.29. The SMILES string of the molecule is O=C(Cn1c(C2CCCCC2)nc2ccccc21)N1CCCCC1. The molecule has 2 aromatic rings. The van der Waals surface area contributed by atoms with Crippen molar-refractivity contribution in [2.45, 2.75) is 63.8 Å². The Morgan fingerprint density at radius 2 is 1.71 bits per heavy atom. The number of carbonyl (C=O) groups excluding carboxylic acids is 1. The molecule has 24 heavy (non-hydrogen) atoms. The van der Waals surface area contributed by atoms with Crippen LogP contribution >= 0.6 is 0 Å². The highest BCUT2D eigenvalue weighted by molar-refractivity contribution is 5.81. The van der Waals surface area contributed by atoms with E-state index in [9.17, 15) is 4.79 Å². The molecule has 2 fully saturated rings. The molecule has 1 aliphatic heterocycles. The molecular formula is C20H27N3O. The summed E-state index contributed by atoms with van der Waals surface area (Å²) in [5.74, 6) is 1.91. The fourth-order valence-electron chi connectivity index (χ4n) is 4.31. The van der Waals surface area contributed by atoms with E-state index in [0.29, 0.717) is 12.5 Å². The van der Waals surface area contributed by atoms with Gasteiger partial charge < -0.3 is 9.47 Å². The number of aromatic nitrogens is 2. The molecule has 0 radical (unpaired) electrons. The molecule has 1 saturated carbocycles. The third-order valence-corrected chi connectivity index (χ3v) is 5.66. The van der Waals surface area contributed by atoms with Crippen LogP contribution in [0.3, 0.4) is 0 Å².